The molecule has 0 bridgehead atoms. The second kappa shape index (κ2) is 11.0. The van der Waals surface area contributed by atoms with Crippen LogP contribution >= 0.6 is 0 Å². The fourth-order valence-electron chi connectivity index (χ4n) is 4.12. The van der Waals surface area contributed by atoms with E-state index >= 15 is 0 Å². The average molecular weight is 533 g/mol. The Kier molecular flexibility index (Phi) is 7.75. The van der Waals surface area contributed by atoms with Crippen LogP contribution in [-0.2, 0) is 6.42 Å². The molecule has 2 aromatic heterocycles. The summed E-state index contributed by atoms with van der Waals surface area (Å²) >= 11 is 0. The average Bonchev–Trinajstić information content (AvgIpc) is 2.87. The van der Waals surface area contributed by atoms with Gasteiger partial charge in [0.05, 0.1) is 22.2 Å². The van der Waals surface area contributed by atoms with Crippen molar-refractivity contribution < 1.29 is 19.0 Å². The van der Waals surface area contributed by atoms with Crippen LogP contribution < -0.4 is 22.1 Å². The minimum Gasteiger partial charge on any atom is -0.506 e. The van der Waals surface area contributed by atoms with E-state index in [0.29, 0.717) is 28.6 Å². The number of benzene rings is 2. The van der Waals surface area contributed by atoms with Crippen molar-refractivity contribution in [1.82, 2.24) is 10.9 Å². The molecule has 0 aliphatic carbocycles. The van der Waals surface area contributed by atoms with Gasteiger partial charge < -0.3 is 29.9 Å². The van der Waals surface area contributed by atoms with Crippen molar-refractivity contribution in [2.24, 2.45) is 10.2 Å². The van der Waals surface area contributed by atoms with E-state index in [2.05, 4.69) is 21.1 Å². The lowest BCUT2D eigenvalue weighted by Crippen LogP contribution is -2.21. The minimum atomic E-state index is -0.677. The van der Waals surface area contributed by atoms with E-state index in [1.165, 1.54) is 0 Å². The molecule has 0 unspecified atom stereocenters. The Balaban J connectivity index is 1.74. The lowest BCUT2D eigenvalue weighted by Gasteiger charge is -2.11. The largest absolute Gasteiger partial charge is 0.506 e. The summed E-state index contributed by atoms with van der Waals surface area (Å²) in [6, 6.07) is 10.4. The van der Waals surface area contributed by atoms with Crippen LogP contribution in [0.5, 0.6) is 11.5 Å². The van der Waals surface area contributed by atoms with Gasteiger partial charge in [0.2, 0.25) is 0 Å². The maximum atomic E-state index is 12.5. The summed E-state index contributed by atoms with van der Waals surface area (Å²) in [5.74, 6) is -0.413. The SMILES string of the molecule is C/C(=N\NC(C)C)c1c(O)c2cc(Cc3ccc4oc(=O)c(/C(C)=N/NC(C)C)c(O)c4c3)ccc2oc1=O. The van der Waals surface area contributed by atoms with E-state index in [1.807, 2.05) is 27.7 Å². The predicted octanol–water partition coefficient (Wildman–Crippen LogP) is 4.35. The topological polar surface area (TPSA) is 150 Å². The van der Waals surface area contributed by atoms with Gasteiger partial charge in [0, 0.05) is 12.1 Å². The summed E-state index contributed by atoms with van der Waals surface area (Å²) in [4.78, 5) is 25.1. The van der Waals surface area contributed by atoms with Crippen LogP contribution in [0.1, 0.15) is 63.8 Å². The smallest absolute Gasteiger partial charge is 0.349 e. The summed E-state index contributed by atoms with van der Waals surface area (Å²) in [6.45, 7) is 10.9. The lowest BCUT2D eigenvalue weighted by molar-refractivity contribution is 0.465. The fourth-order valence-corrected chi connectivity index (χ4v) is 4.12. The van der Waals surface area contributed by atoms with Crippen molar-refractivity contribution in [1.29, 1.82) is 0 Å². The first-order chi connectivity index (χ1) is 18.5. The molecule has 0 aliphatic rings. The molecule has 10 heteroatoms. The second-order valence-corrected chi connectivity index (χ2v) is 10.0. The van der Waals surface area contributed by atoms with E-state index in [0.717, 1.165) is 11.1 Å². The maximum Gasteiger partial charge on any atom is 0.349 e. The number of hydrogen-bond donors (Lipinski definition) is 4. The summed E-state index contributed by atoms with van der Waals surface area (Å²) in [6.07, 6.45) is 0.428. The molecule has 0 atom stereocenters. The second-order valence-electron chi connectivity index (χ2n) is 10.0. The number of hydrogen-bond acceptors (Lipinski definition) is 10. The van der Waals surface area contributed by atoms with Crippen LogP contribution in [0.25, 0.3) is 21.9 Å². The Morgan fingerprint density at radius 2 is 1.13 bits per heavy atom. The molecule has 4 aromatic rings. The molecule has 2 heterocycles. The zero-order chi connectivity index (χ0) is 28.4. The summed E-state index contributed by atoms with van der Waals surface area (Å²) < 4.78 is 10.9. The van der Waals surface area contributed by atoms with Gasteiger partial charge in [-0.3, -0.25) is 0 Å². The normalized spacial score (nSPS) is 12.6. The van der Waals surface area contributed by atoms with E-state index < -0.39 is 11.3 Å². The molecule has 0 saturated carbocycles. The molecule has 4 N–H and O–H groups in total. The Labute approximate surface area is 224 Å². The van der Waals surface area contributed by atoms with Crippen LogP contribution in [0.2, 0.25) is 0 Å². The summed E-state index contributed by atoms with van der Waals surface area (Å²) in [5, 5.41) is 31.0. The van der Waals surface area contributed by atoms with Gasteiger partial charge in [-0.25, -0.2) is 9.59 Å². The van der Waals surface area contributed by atoms with Crippen LogP contribution in [0.4, 0.5) is 0 Å². The molecule has 0 spiro atoms. The molecule has 10 nitrogen and oxygen atoms in total. The van der Waals surface area contributed by atoms with Crippen LogP contribution in [0.3, 0.4) is 0 Å². The quantitative estimate of drug-likeness (QED) is 0.149. The zero-order valence-electron chi connectivity index (χ0n) is 22.7. The maximum absolute atomic E-state index is 12.5. The third-order valence-electron chi connectivity index (χ3n) is 6.00. The van der Waals surface area contributed by atoms with E-state index in [1.54, 1.807) is 50.2 Å². The Morgan fingerprint density at radius 1 is 0.744 bits per heavy atom. The minimum absolute atomic E-state index is 0.00465. The number of rotatable bonds is 8. The summed E-state index contributed by atoms with van der Waals surface area (Å²) in [7, 11) is 0. The van der Waals surface area contributed by atoms with Gasteiger partial charge in [0.25, 0.3) is 0 Å². The first kappa shape index (κ1) is 27.4. The molecule has 0 aliphatic heterocycles. The first-order valence-corrected chi connectivity index (χ1v) is 12.6. The highest BCUT2D eigenvalue weighted by molar-refractivity contribution is 6.05. The van der Waals surface area contributed by atoms with Gasteiger partial charge in [-0.2, -0.15) is 10.2 Å². The van der Waals surface area contributed by atoms with Crippen LogP contribution in [0.15, 0.2) is 65.0 Å². The van der Waals surface area contributed by atoms with Gasteiger partial charge in [-0.05, 0) is 83.4 Å². The third kappa shape index (κ3) is 5.79. The molecule has 0 radical (unpaired) electrons. The molecular formula is C29H32N4O6. The van der Waals surface area contributed by atoms with E-state index in [-0.39, 0.29) is 45.9 Å². The summed E-state index contributed by atoms with van der Waals surface area (Å²) in [5.41, 5.74) is 7.16. The molecule has 2 aromatic carbocycles. The van der Waals surface area contributed by atoms with Gasteiger partial charge in [0.1, 0.15) is 33.8 Å². The van der Waals surface area contributed by atoms with E-state index in [4.69, 9.17) is 8.83 Å². The molecule has 0 saturated heterocycles. The highest BCUT2D eigenvalue weighted by Crippen LogP contribution is 2.31. The molecule has 204 valence electrons. The van der Waals surface area contributed by atoms with Crippen molar-refractivity contribution in [2.75, 3.05) is 0 Å². The Hall–Kier alpha value is -4.60. The van der Waals surface area contributed by atoms with Crippen molar-refractivity contribution in [3.63, 3.8) is 0 Å². The number of aromatic hydroxyl groups is 2. The van der Waals surface area contributed by atoms with E-state index in [9.17, 15) is 19.8 Å². The molecular weight excluding hydrogens is 500 g/mol. The predicted molar refractivity (Wildman–Crippen MR) is 152 cm³/mol. The third-order valence-corrected chi connectivity index (χ3v) is 6.00. The molecule has 4 rings (SSSR count). The first-order valence-electron chi connectivity index (χ1n) is 12.6. The number of fused-ring (bicyclic) bond motifs is 2. The molecule has 0 amide bonds. The van der Waals surface area contributed by atoms with Gasteiger partial charge in [0.15, 0.2) is 0 Å². The van der Waals surface area contributed by atoms with Crippen molar-refractivity contribution in [2.45, 2.75) is 60.0 Å². The molecule has 0 fully saturated rings. The van der Waals surface area contributed by atoms with Crippen molar-refractivity contribution >= 4 is 33.4 Å². The van der Waals surface area contributed by atoms with Crippen molar-refractivity contribution in [3.05, 3.63) is 79.5 Å². The lowest BCUT2D eigenvalue weighted by atomic mass is 9.99. The van der Waals surface area contributed by atoms with Crippen LogP contribution in [-0.4, -0.2) is 33.7 Å². The van der Waals surface area contributed by atoms with Gasteiger partial charge in [-0.15, -0.1) is 0 Å². The number of nitrogens with zero attached hydrogens (tertiary/aromatic N) is 2. The Morgan fingerprint density at radius 3 is 1.49 bits per heavy atom. The highest BCUT2D eigenvalue weighted by atomic mass is 16.4. The zero-order valence-corrected chi connectivity index (χ0v) is 22.7. The van der Waals surface area contributed by atoms with Crippen molar-refractivity contribution in [3.8, 4) is 11.5 Å². The standard InChI is InChI=1S/C29H32N4O6/c1-14(2)30-32-16(5)24-26(34)20-12-18(7-9-22(20)38-28(24)36)11-19-8-10-23-21(13-19)27(35)25(29(37)39-23)17(6)33-31-15(3)4/h7-10,12-15,30-31,34-35H,11H2,1-6H3/b32-16+,33-17+. The fraction of sp³-hybridized carbons (Fsp3) is 0.310. The van der Waals surface area contributed by atoms with Crippen LogP contribution in [0, 0.1) is 0 Å². The van der Waals surface area contributed by atoms with Gasteiger partial charge in [-0.1, -0.05) is 12.1 Å². The monoisotopic (exact) mass is 532 g/mol. The number of nitrogens with one attached hydrogen (secondary N) is 2. The molecule has 39 heavy (non-hydrogen) atoms. The Bertz CT molecular complexity index is 1600. The highest BCUT2D eigenvalue weighted by Gasteiger charge is 2.19. The number of hydrazone groups is 2. The van der Waals surface area contributed by atoms with Gasteiger partial charge >= 0.3 is 11.3 Å².